The summed E-state index contributed by atoms with van der Waals surface area (Å²) in [5, 5.41) is 4.01. The molecule has 4 rings (SSSR count). The summed E-state index contributed by atoms with van der Waals surface area (Å²) in [5.41, 5.74) is 0.496. The molecule has 0 N–H and O–H groups in total. The molecule has 2 saturated heterocycles. The Balaban J connectivity index is 1.48. The van der Waals surface area contributed by atoms with Crippen LogP contribution in [0.1, 0.15) is 60.7 Å². The first-order valence-corrected chi connectivity index (χ1v) is 8.18. The zero-order valence-electron chi connectivity index (χ0n) is 12.3. The number of hydrogen-bond acceptors (Lipinski definition) is 4. The van der Waals surface area contributed by atoms with E-state index in [2.05, 4.69) is 5.16 Å². The fourth-order valence-electron chi connectivity index (χ4n) is 3.73. The normalized spacial score (nSPS) is 27.2. The minimum atomic E-state index is 0.0552. The minimum Gasteiger partial charge on any atom is -0.381 e. The molecule has 3 heterocycles. The molecule has 0 unspecified atom stereocenters. The lowest BCUT2D eigenvalue weighted by Crippen LogP contribution is -2.42. The van der Waals surface area contributed by atoms with Crippen LogP contribution in [-0.4, -0.2) is 41.8 Å². The molecule has 0 spiro atoms. The monoisotopic (exact) mass is 290 g/mol. The van der Waals surface area contributed by atoms with Gasteiger partial charge in [-0.15, -0.1) is 0 Å². The Kier molecular flexibility index (Phi) is 3.45. The predicted octanol–water partition coefficient (Wildman–Crippen LogP) is 2.58. The molecule has 1 aliphatic carbocycles. The van der Waals surface area contributed by atoms with E-state index in [4.69, 9.17) is 9.26 Å². The van der Waals surface area contributed by atoms with Crippen molar-refractivity contribution in [2.45, 2.75) is 50.5 Å². The third-order valence-electron chi connectivity index (χ3n) is 5.10. The van der Waals surface area contributed by atoms with Crippen molar-refractivity contribution < 1.29 is 14.1 Å². The van der Waals surface area contributed by atoms with Gasteiger partial charge in [-0.05, 0) is 44.4 Å². The minimum absolute atomic E-state index is 0.0552. The van der Waals surface area contributed by atoms with Crippen LogP contribution < -0.4 is 0 Å². The van der Waals surface area contributed by atoms with E-state index in [0.717, 1.165) is 64.0 Å². The zero-order chi connectivity index (χ0) is 14.2. The second-order valence-corrected chi connectivity index (χ2v) is 6.55. The molecule has 1 aromatic heterocycles. The highest BCUT2D eigenvalue weighted by Gasteiger charge is 2.37. The number of carbonyl (C=O) groups excluding carboxylic acids is 1. The average Bonchev–Trinajstić information content (AvgIpc) is 3.07. The van der Waals surface area contributed by atoms with Gasteiger partial charge in [0.2, 0.25) is 0 Å². The van der Waals surface area contributed by atoms with Crippen LogP contribution in [0, 0.1) is 5.92 Å². The largest absolute Gasteiger partial charge is 0.381 e. The van der Waals surface area contributed by atoms with E-state index < -0.39 is 0 Å². The van der Waals surface area contributed by atoms with E-state index in [1.165, 1.54) is 0 Å². The Morgan fingerprint density at radius 3 is 2.76 bits per heavy atom. The first kappa shape index (κ1) is 13.3. The summed E-state index contributed by atoms with van der Waals surface area (Å²) in [6.07, 6.45) is 6.68. The van der Waals surface area contributed by atoms with Crippen molar-refractivity contribution in [1.29, 1.82) is 0 Å². The van der Waals surface area contributed by atoms with Crippen molar-refractivity contribution in [2.24, 2.45) is 5.92 Å². The van der Waals surface area contributed by atoms with E-state index in [9.17, 15) is 4.79 Å². The molecule has 1 atom stereocenters. The molecule has 5 nitrogen and oxygen atoms in total. The molecule has 1 aromatic rings. The van der Waals surface area contributed by atoms with E-state index in [0.29, 0.717) is 23.6 Å². The van der Waals surface area contributed by atoms with Gasteiger partial charge in [0, 0.05) is 37.8 Å². The van der Waals surface area contributed by atoms with Gasteiger partial charge in [-0.3, -0.25) is 4.79 Å². The summed E-state index contributed by atoms with van der Waals surface area (Å²) >= 11 is 0. The molecule has 0 aromatic carbocycles. The number of hydrogen-bond donors (Lipinski definition) is 0. The van der Waals surface area contributed by atoms with Gasteiger partial charge in [0.1, 0.15) is 5.76 Å². The maximum absolute atomic E-state index is 12.7. The van der Waals surface area contributed by atoms with Gasteiger partial charge in [0.25, 0.3) is 5.91 Å². The highest BCUT2D eigenvalue weighted by atomic mass is 16.5. The van der Waals surface area contributed by atoms with Gasteiger partial charge in [-0.1, -0.05) is 5.16 Å². The van der Waals surface area contributed by atoms with Gasteiger partial charge in [-0.2, -0.15) is 0 Å². The van der Waals surface area contributed by atoms with Gasteiger partial charge in [0.15, 0.2) is 5.69 Å². The van der Waals surface area contributed by atoms with E-state index >= 15 is 0 Å². The summed E-state index contributed by atoms with van der Waals surface area (Å²) in [6, 6.07) is 2.22. The molecular formula is C16H22N2O3. The third kappa shape index (κ3) is 2.59. The zero-order valence-corrected chi connectivity index (χ0v) is 12.3. The van der Waals surface area contributed by atoms with Crippen LogP contribution in [0.4, 0.5) is 0 Å². The molecule has 3 fully saturated rings. The third-order valence-corrected chi connectivity index (χ3v) is 5.10. The highest BCUT2D eigenvalue weighted by molar-refractivity contribution is 5.92. The number of ether oxygens (including phenoxy) is 1. The molecule has 1 amide bonds. The van der Waals surface area contributed by atoms with Crippen molar-refractivity contribution in [3.8, 4) is 0 Å². The first-order chi connectivity index (χ1) is 10.3. The smallest absolute Gasteiger partial charge is 0.276 e. The van der Waals surface area contributed by atoms with Crippen molar-refractivity contribution in [3.63, 3.8) is 0 Å². The van der Waals surface area contributed by atoms with Crippen LogP contribution in [-0.2, 0) is 4.74 Å². The van der Waals surface area contributed by atoms with Crippen molar-refractivity contribution in [1.82, 2.24) is 10.1 Å². The van der Waals surface area contributed by atoms with Crippen LogP contribution in [0.5, 0.6) is 0 Å². The van der Waals surface area contributed by atoms with Crippen LogP contribution in [0.15, 0.2) is 10.6 Å². The van der Waals surface area contributed by atoms with Crippen molar-refractivity contribution in [2.75, 3.05) is 19.8 Å². The predicted molar refractivity (Wildman–Crippen MR) is 76.1 cm³/mol. The lowest BCUT2D eigenvalue weighted by molar-refractivity contribution is 0.0319. The second kappa shape index (κ2) is 5.44. The number of aromatic nitrogens is 1. The molecule has 3 aliphatic rings. The van der Waals surface area contributed by atoms with Gasteiger partial charge >= 0.3 is 0 Å². The lowest BCUT2D eigenvalue weighted by Gasteiger charge is -2.33. The Bertz CT molecular complexity index is 517. The number of amides is 1. The number of nitrogens with zero attached hydrogens (tertiary/aromatic N) is 2. The quantitative estimate of drug-likeness (QED) is 0.858. The molecule has 114 valence electrons. The SMILES string of the molecule is O=C(c1cc(C2CC2)on1)N1CCC[C@@H]1C1CCOCC1. The maximum atomic E-state index is 12.7. The lowest BCUT2D eigenvalue weighted by atomic mass is 9.90. The summed E-state index contributed by atoms with van der Waals surface area (Å²) in [5.74, 6) is 2.03. The first-order valence-electron chi connectivity index (χ1n) is 8.18. The Morgan fingerprint density at radius 2 is 2.00 bits per heavy atom. The van der Waals surface area contributed by atoms with Gasteiger partial charge in [-0.25, -0.2) is 0 Å². The molecule has 2 aliphatic heterocycles. The Labute approximate surface area is 124 Å². The second-order valence-electron chi connectivity index (χ2n) is 6.55. The molecule has 21 heavy (non-hydrogen) atoms. The number of rotatable bonds is 3. The van der Waals surface area contributed by atoms with E-state index in [1.807, 2.05) is 11.0 Å². The van der Waals surface area contributed by atoms with Crippen LogP contribution in [0.2, 0.25) is 0 Å². The van der Waals surface area contributed by atoms with Crippen molar-refractivity contribution in [3.05, 3.63) is 17.5 Å². The fourth-order valence-corrected chi connectivity index (χ4v) is 3.73. The maximum Gasteiger partial charge on any atom is 0.276 e. The van der Waals surface area contributed by atoms with Crippen LogP contribution in [0.3, 0.4) is 0 Å². The fraction of sp³-hybridized carbons (Fsp3) is 0.750. The van der Waals surface area contributed by atoms with Crippen LogP contribution in [0.25, 0.3) is 0 Å². The Hall–Kier alpha value is -1.36. The molecule has 5 heteroatoms. The summed E-state index contributed by atoms with van der Waals surface area (Å²) in [7, 11) is 0. The molecule has 1 saturated carbocycles. The number of carbonyl (C=O) groups is 1. The average molecular weight is 290 g/mol. The standard InChI is InChI=1S/C16H22N2O3/c19-16(13-10-15(21-17-13)12-3-4-12)18-7-1-2-14(18)11-5-8-20-9-6-11/h10-12,14H,1-9H2/t14-/m1/s1. The summed E-state index contributed by atoms with van der Waals surface area (Å²) in [6.45, 7) is 2.52. The number of likely N-dealkylation sites (tertiary alicyclic amines) is 1. The topological polar surface area (TPSA) is 55.6 Å². The molecular weight excluding hydrogens is 268 g/mol. The highest BCUT2D eigenvalue weighted by Crippen LogP contribution is 2.40. The van der Waals surface area contributed by atoms with E-state index in [-0.39, 0.29) is 5.91 Å². The van der Waals surface area contributed by atoms with E-state index in [1.54, 1.807) is 0 Å². The summed E-state index contributed by atoms with van der Waals surface area (Å²) in [4.78, 5) is 14.8. The molecule has 0 bridgehead atoms. The van der Waals surface area contributed by atoms with Crippen molar-refractivity contribution >= 4 is 5.91 Å². The summed E-state index contributed by atoms with van der Waals surface area (Å²) < 4.78 is 10.8. The van der Waals surface area contributed by atoms with Gasteiger partial charge in [0.05, 0.1) is 0 Å². The molecule has 0 radical (unpaired) electrons. The van der Waals surface area contributed by atoms with Crippen LogP contribution >= 0.6 is 0 Å². The van der Waals surface area contributed by atoms with Gasteiger partial charge < -0.3 is 14.2 Å². The Morgan fingerprint density at radius 1 is 1.19 bits per heavy atom.